The van der Waals surface area contributed by atoms with Crippen LogP contribution in [0.2, 0.25) is 0 Å². The van der Waals surface area contributed by atoms with Gasteiger partial charge in [0.15, 0.2) is 0 Å². The Kier molecular flexibility index (Phi) is 4.43. The van der Waals surface area contributed by atoms with E-state index in [2.05, 4.69) is 5.32 Å². The van der Waals surface area contributed by atoms with Gasteiger partial charge in [-0.1, -0.05) is 0 Å². The van der Waals surface area contributed by atoms with Crippen LogP contribution in [0, 0.1) is 5.92 Å². The van der Waals surface area contributed by atoms with E-state index in [1.165, 1.54) is 11.5 Å². The second kappa shape index (κ2) is 5.70. The molecule has 4 nitrogen and oxygen atoms in total. The van der Waals surface area contributed by atoms with Gasteiger partial charge in [0.2, 0.25) is 0 Å². The Morgan fingerprint density at radius 3 is 2.72 bits per heavy atom. The van der Waals surface area contributed by atoms with Crippen molar-refractivity contribution in [2.24, 2.45) is 5.92 Å². The lowest BCUT2D eigenvalue weighted by Gasteiger charge is -2.27. The fraction of sp³-hybridized carbons (Fsp3) is 0.923. The smallest absolute Gasteiger partial charge is 0.410 e. The van der Waals surface area contributed by atoms with E-state index in [-0.39, 0.29) is 6.09 Å². The van der Waals surface area contributed by atoms with Gasteiger partial charge in [-0.05, 0) is 33.1 Å². The van der Waals surface area contributed by atoms with Crippen molar-refractivity contribution in [3.8, 4) is 0 Å². The lowest BCUT2D eigenvalue weighted by Crippen LogP contribution is -2.43. The third kappa shape index (κ3) is 4.05. The van der Waals surface area contributed by atoms with E-state index in [1.807, 2.05) is 37.4 Å². The molecule has 2 heterocycles. The maximum absolute atomic E-state index is 11.9. The SMILES string of the molecule is CC(C)(C)OC(=O)N1CCC(CNC2CSC2)C1. The first-order valence-electron chi connectivity index (χ1n) is 6.73. The Bertz CT molecular complexity index is 300. The number of amides is 1. The molecule has 2 aliphatic rings. The van der Waals surface area contributed by atoms with Gasteiger partial charge in [-0.25, -0.2) is 4.79 Å². The first kappa shape index (κ1) is 14.0. The van der Waals surface area contributed by atoms with Gasteiger partial charge in [0.1, 0.15) is 5.60 Å². The van der Waals surface area contributed by atoms with Crippen LogP contribution in [-0.4, -0.2) is 53.8 Å². The fourth-order valence-corrected chi connectivity index (χ4v) is 2.89. The molecule has 18 heavy (non-hydrogen) atoms. The average Bonchev–Trinajstić information content (AvgIpc) is 2.61. The van der Waals surface area contributed by atoms with Crippen molar-refractivity contribution < 1.29 is 9.53 Å². The largest absolute Gasteiger partial charge is 0.444 e. The molecule has 0 aromatic carbocycles. The molecule has 0 spiro atoms. The number of thioether (sulfide) groups is 1. The van der Waals surface area contributed by atoms with Crippen molar-refractivity contribution in [1.82, 2.24) is 10.2 Å². The zero-order valence-electron chi connectivity index (χ0n) is 11.6. The topological polar surface area (TPSA) is 41.6 Å². The van der Waals surface area contributed by atoms with Crippen molar-refractivity contribution in [3.05, 3.63) is 0 Å². The van der Waals surface area contributed by atoms with E-state index in [0.29, 0.717) is 12.0 Å². The van der Waals surface area contributed by atoms with Gasteiger partial charge in [0.05, 0.1) is 0 Å². The monoisotopic (exact) mass is 272 g/mol. The molecule has 0 aromatic heterocycles. The van der Waals surface area contributed by atoms with Gasteiger partial charge >= 0.3 is 6.09 Å². The first-order chi connectivity index (χ1) is 8.44. The van der Waals surface area contributed by atoms with Gasteiger partial charge in [0, 0.05) is 37.2 Å². The minimum Gasteiger partial charge on any atom is -0.444 e. The van der Waals surface area contributed by atoms with Crippen molar-refractivity contribution in [2.45, 2.75) is 38.8 Å². The van der Waals surface area contributed by atoms with Crippen molar-refractivity contribution >= 4 is 17.9 Å². The molecule has 2 fully saturated rings. The normalized spacial score (nSPS) is 25.1. The van der Waals surface area contributed by atoms with E-state index in [0.717, 1.165) is 26.1 Å². The third-order valence-corrected chi connectivity index (χ3v) is 4.55. The molecule has 0 aliphatic carbocycles. The third-order valence-electron chi connectivity index (χ3n) is 3.27. The van der Waals surface area contributed by atoms with Crippen LogP contribution >= 0.6 is 11.8 Å². The second-order valence-corrected chi connectivity index (χ2v) is 7.30. The standard InChI is InChI=1S/C13H24N2O2S/c1-13(2,3)17-12(16)15-5-4-10(7-15)6-14-11-8-18-9-11/h10-11,14H,4-9H2,1-3H3. The van der Waals surface area contributed by atoms with E-state index in [9.17, 15) is 4.79 Å². The predicted molar refractivity (Wildman–Crippen MR) is 75.0 cm³/mol. The van der Waals surface area contributed by atoms with E-state index < -0.39 is 5.60 Å². The molecule has 2 aliphatic heterocycles. The molecule has 0 bridgehead atoms. The molecule has 104 valence electrons. The average molecular weight is 272 g/mol. The molecular formula is C13H24N2O2S. The Hall–Kier alpha value is -0.420. The first-order valence-corrected chi connectivity index (χ1v) is 7.88. The van der Waals surface area contributed by atoms with Crippen LogP contribution in [0.3, 0.4) is 0 Å². The van der Waals surface area contributed by atoms with Crippen molar-refractivity contribution in [1.29, 1.82) is 0 Å². The highest BCUT2D eigenvalue weighted by Gasteiger charge is 2.30. The summed E-state index contributed by atoms with van der Waals surface area (Å²) in [5.41, 5.74) is -0.392. The van der Waals surface area contributed by atoms with E-state index >= 15 is 0 Å². The van der Waals surface area contributed by atoms with Crippen LogP contribution in [0.1, 0.15) is 27.2 Å². The molecule has 1 atom stereocenters. The van der Waals surface area contributed by atoms with Crippen LogP contribution in [0.15, 0.2) is 0 Å². The molecule has 2 rings (SSSR count). The van der Waals surface area contributed by atoms with Gasteiger partial charge in [-0.2, -0.15) is 11.8 Å². The van der Waals surface area contributed by atoms with Gasteiger partial charge in [0.25, 0.3) is 0 Å². The molecule has 1 amide bonds. The van der Waals surface area contributed by atoms with Crippen LogP contribution in [0.25, 0.3) is 0 Å². The molecule has 0 radical (unpaired) electrons. The number of hydrogen-bond acceptors (Lipinski definition) is 4. The highest BCUT2D eigenvalue weighted by molar-refractivity contribution is 8.00. The summed E-state index contributed by atoms with van der Waals surface area (Å²) in [7, 11) is 0. The number of ether oxygens (including phenoxy) is 1. The van der Waals surface area contributed by atoms with Crippen molar-refractivity contribution in [2.75, 3.05) is 31.1 Å². The summed E-state index contributed by atoms with van der Waals surface area (Å²) in [5.74, 6) is 3.06. The molecule has 2 saturated heterocycles. The van der Waals surface area contributed by atoms with Crippen LogP contribution in [0.5, 0.6) is 0 Å². The lowest BCUT2D eigenvalue weighted by molar-refractivity contribution is 0.0288. The van der Waals surface area contributed by atoms with E-state index in [4.69, 9.17) is 4.74 Å². The number of hydrogen-bond donors (Lipinski definition) is 1. The highest BCUT2D eigenvalue weighted by atomic mass is 32.2. The van der Waals surface area contributed by atoms with Gasteiger partial charge in [-0.15, -0.1) is 0 Å². The number of nitrogens with zero attached hydrogens (tertiary/aromatic N) is 1. The van der Waals surface area contributed by atoms with Crippen LogP contribution < -0.4 is 5.32 Å². The van der Waals surface area contributed by atoms with Crippen LogP contribution in [0.4, 0.5) is 4.79 Å². The molecule has 1 unspecified atom stereocenters. The summed E-state index contributed by atoms with van der Waals surface area (Å²) in [5, 5.41) is 3.57. The van der Waals surface area contributed by atoms with Crippen LogP contribution in [-0.2, 0) is 4.74 Å². The summed E-state index contributed by atoms with van der Waals surface area (Å²) in [6.07, 6.45) is 0.927. The number of likely N-dealkylation sites (tertiary alicyclic amines) is 1. The lowest BCUT2D eigenvalue weighted by atomic mass is 10.1. The second-order valence-electron chi connectivity index (χ2n) is 6.22. The number of rotatable bonds is 3. The maximum atomic E-state index is 11.9. The number of carbonyl (C=O) groups is 1. The molecule has 0 aromatic rings. The maximum Gasteiger partial charge on any atom is 0.410 e. The van der Waals surface area contributed by atoms with Gasteiger partial charge in [-0.3, -0.25) is 0 Å². The summed E-state index contributed by atoms with van der Waals surface area (Å²) in [6, 6.07) is 0.700. The minimum absolute atomic E-state index is 0.163. The number of nitrogens with one attached hydrogen (secondary N) is 1. The van der Waals surface area contributed by atoms with Gasteiger partial charge < -0.3 is 15.0 Å². The highest BCUT2D eigenvalue weighted by Crippen LogP contribution is 2.21. The van der Waals surface area contributed by atoms with E-state index in [1.54, 1.807) is 0 Å². The number of carbonyl (C=O) groups excluding carboxylic acids is 1. The Balaban J connectivity index is 1.68. The quantitative estimate of drug-likeness (QED) is 0.852. The summed E-state index contributed by atoms with van der Waals surface area (Å²) < 4.78 is 5.39. The minimum atomic E-state index is -0.392. The zero-order valence-corrected chi connectivity index (χ0v) is 12.4. The fourth-order valence-electron chi connectivity index (χ4n) is 2.18. The Morgan fingerprint density at radius 2 is 2.17 bits per heavy atom. The Morgan fingerprint density at radius 1 is 1.44 bits per heavy atom. The molecular weight excluding hydrogens is 248 g/mol. The molecule has 1 N–H and O–H groups in total. The summed E-state index contributed by atoms with van der Waals surface area (Å²) >= 11 is 1.99. The zero-order chi connectivity index (χ0) is 13.2. The summed E-state index contributed by atoms with van der Waals surface area (Å²) in [4.78, 5) is 13.7. The molecule has 5 heteroatoms. The van der Waals surface area contributed by atoms with Crippen molar-refractivity contribution in [3.63, 3.8) is 0 Å². The predicted octanol–water partition coefficient (Wildman–Crippen LogP) is 1.95. The molecule has 0 saturated carbocycles. The summed E-state index contributed by atoms with van der Waals surface area (Å²) in [6.45, 7) is 8.43. The Labute approximate surface area is 114 Å².